The fourth-order valence-electron chi connectivity index (χ4n) is 3.88. The first kappa shape index (κ1) is 19.8. The summed E-state index contributed by atoms with van der Waals surface area (Å²) in [5.74, 6) is 0.519. The van der Waals surface area contributed by atoms with E-state index in [-0.39, 0.29) is 11.7 Å². The number of ketones is 1. The molecule has 0 aliphatic carbocycles. The SMILES string of the molecule is C=CC(=O)C(CCCC(c1ccccc1)c1ccccc1)Cc1ccccc1. The Labute approximate surface area is 168 Å². The minimum absolute atomic E-state index is 0.00657. The van der Waals surface area contributed by atoms with Crippen LogP contribution in [0.5, 0.6) is 0 Å². The van der Waals surface area contributed by atoms with Crippen LogP contribution in [0, 0.1) is 5.92 Å². The summed E-state index contributed by atoms with van der Waals surface area (Å²) in [5.41, 5.74) is 3.89. The number of benzene rings is 3. The molecule has 3 rings (SSSR count). The Balaban J connectivity index is 1.69. The van der Waals surface area contributed by atoms with E-state index in [0.29, 0.717) is 5.92 Å². The molecule has 0 heterocycles. The van der Waals surface area contributed by atoms with Crippen molar-refractivity contribution in [3.05, 3.63) is 120 Å². The molecule has 142 valence electrons. The van der Waals surface area contributed by atoms with Crippen LogP contribution < -0.4 is 0 Å². The maximum absolute atomic E-state index is 12.4. The van der Waals surface area contributed by atoms with Crippen LogP contribution >= 0.6 is 0 Å². The average Bonchev–Trinajstić information content (AvgIpc) is 2.77. The van der Waals surface area contributed by atoms with Gasteiger partial charge in [-0.15, -0.1) is 0 Å². The molecule has 0 spiro atoms. The van der Waals surface area contributed by atoms with Crippen LogP contribution in [0.2, 0.25) is 0 Å². The van der Waals surface area contributed by atoms with Crippen molar-refractivity contribution in [2.45, 2.75) is 31.6 Å². The Kier molecular flexibility index (Phi) is 7.37. The van der Waals surface area contributed by atoms with Gasteiger partial charge in [-0.2, -0.15) is 0 Å². The summed E-state index contributed by atoms with van der Waals surface area (Å²) in [6.07, 6.45) is 5.19. The van der Waals surface area contributed by atoms with Crippen molar-refractivity contribution in [1.82, 2.24) is 0 Å². The highest BCUT2D eigenvalue weighted by atomic mass is 16.1. The van der Waals surface area contributed by atoms with Gasteiger partial charge in [-0.05, 0) is 42.0 Å². The number of carbonyl (C=O) groups is 1. The van der Waals surface area contributed by atoms with E-state index in [1.807, 2.05) is 18.2 Å². The van der Waals surface area contributed by atoms with E-state index in [1.165, 1.54) is 22.8 Å². The smallest absolute Gasteiger partial charge is 0.158 e. The van der Waals surface area contributed by atoms with E-state index in [1.54, 1.807) is 0 Å². The predicted molar refractivity (Wildman–Crippen MR) is 117 cm³/mol. The fourth-order valence-corrected chi connectivity index (χ4v) is 3.88. The van der Waals surface area contributed by atoms with Crippen LogP contribution in [0.25, 0.3) is 0 Å². The number of rotatable bonds is 10. The van der Waals surface area contributed by atoms with E-state index in [4.69, 9.17) is 0 Å². The van der Waals surface area contributed by atoms with Crippen LogP contribution in [0.3, 0.4) is 0 Å². The van der Waals surface area contributed by atoms with Gasteiger partial charge in [0.15, 0.2) is 5.78 Å². The quantitative estimate of drug-likeness (QED) is 0.368. The van der Waals surface area contributed by atoms with Crippen molar-refractivity contribution in [1.29, 1.82) is 0 Å². The van der Waals surface area contributed by atoms with Gasteiger partial charge in [0.1, 0.15) is 0 Å². The molecule has 1 unspecified atom stereocenters. The lowest BCUT2D eigenvalue weighted by molar-refractivity contribution is -0.118. The maximum atomic E-state index is 12.4. The first-order chi connectivity index (χ1) is 13.8. The van der Waals surface area contributed by atoms with E-state index in [9.17, 15) is 4.79 Å². The highest BCUT2D eigenvalue weighted by Gasteiger charge is 2.19. The zero-order valence-corrected chi connectivity index (χ0v) is 16.3. The summed E-state index contributed by atoms with van der Waals surface area (Å²) in [5, 5.41) is 0. The minimum Gasteiger partial charge on any atom is -0.295 e. The summed E-state index contributed by atoms with van der Waals surface area (Å²) in [6.45, 7) is 3.71. The summed E-state index contributed by atoms with van der Waals surface area (Å²) in [7, 11) is 0. The van der Waals surface area contributed by atoms with Gasteiger partial charge in [-0.1, -0.05) is 104 Å². The molecule has 1 heteroatoms. The molecular formula is C27H28O. The molecule has 1 atom stereocenters. The van der Waals surface area contributed by atoms with Crippen molar-refractivity contribution < 1.29 is 4.79 Å². The first-order valence-electron chi connectivity index (χ1n) is 10.1. The van der Waals surface area contributed by atoms with Crippen LogP contribution in [0.4, 0.5) is 0 Å². The van der Waals surface area contributed by atoms with Crippen molar-refractivity contribution >= 4 is 5.78 Å². The molecular weight excluding hydrogens is 340 g/mol. The highest BCUT2D eigenvalue weighted by Crippen LogP contribution is 2.30. The van der Waals surface area contributed by atoms with Crippen LogP contribution in [-0.2, 0) is 11.2 Å². The second kappa shape index (κ2) is 10.4. The summed E-state index contributed by atoms with van der Waals surface area (Å²) >= 11 is 0. The van der Waals surface area contributed by atoms with Crippen molar-refractivity contribution in [2.24, 2.45) is 5.92 Å². The van der Waals surface area contributed by atoms with Gasteiger partial charge in [0.2, 0.25) is 0 Å². The third-order valence-corrected chi connectivity index (χ3v) is 5.38. The van der Waals surface area contributed by atoms with Gasteiger partial charge in [-0.25, -0.2) is 0 Å². The zero-order valence-electron chi connectivity index (χ0n) is 16.3. The standard InChI is InChI=1S/C27H28O/c1-2-27(28)25(21-22-13-6-3-7-14-22)19-12-20-26(23-15-8-4-9-16-23)24-17-10-5-11-18-24/h2-11,13-18,25-26H,1,12,19-21H2. The van der Waals surface area contributed by atoms with Gasteiger partial charge in [0, 0.05) is 11.8 Å². The lowest BCUT2D eigenvalue weighted by Crippen LogP contribution is -2.15. The number of hydrogen-bond donors (Lipinski definition) is 0. The highest BCUT2D eigenvalue weighted by molar-refractivity contribution is 5.91. The molecule has 0 saturated heterocycles. The molecule has 0 bridgehead atoms. The van der Waals surface area contributed by atoms with E-state index in [2.05, 4.69) is 79.4 Å². The lowest BCUT2D eigenvalue weighted by Gasteiger charge is -2.20. The molecule has 3 aromatic carbocycles. The number of allylic oxidation sites excluding steroid dienone is 1. The average molecular weight is 369 g/mol. The third-order valence-electron chi connectivity index (χ3n) is 5.38. The molecule has 3 aromatic rings. The van der Waals surface area contributed by atoms with E-state index in [0.717, 1.165) is 25.7 Å². The predicted octanol–water partition coefficient (Wildman–Crippen LogP) is 6.60. The van der Waals surface area contributed by atoms with Crippen molar-refractivity contribution in [3.63, 3.8) is 0 Å². The molecule has 0 aliphatic rings. The minimum atomic E-state index is 0.00657. The maximum Gasteiger partial charge on any atom is 0.158 e. The lowest BCUT2D eigenvalue weighted by atomic mass is 9.84. The summed E-state index contributed by atoms with van der Waals surface area (Å²) < 4.78 is 0. The van der Waals surface area contributed by atoms with Gasteiger partial charge < -0.3 is 0 Å². The molecule has 0 aliphatic heterocycles. The normalized spacial score (nSPS) is 11.9. The van der Waals surface area contributed by atoms with Crippen molar-refractivity contribution in [3.8, 4) is 0 Å². The first-order valence-corrected chi connectivity index (χ1v) is 10.1. The van der Waals surface area contributed by atoms with Gasteiger partial charge in [0.25, 0.3) is 0 Å². The zero-order chi connectivity index (χ0) is 19.6. The molecule has 0 saturated carbocycles. The largest absolute Gasteiger partial charge is 0.295 e. The Bertz CT molecular complexity index is 813. The third kappa shape index (κ3) is 5.53. The second-order valence-electron chi connectivity index (χ2n) is 7.30. The molecule has 1 nitrogen and oxygen atoms in total. The number of carbonyl (C=O) groups excluding carboxylic acids is 1. The molecule has 0 fully saturated rings. The molecule has 28 heavy (non-hydrogen) atoms. The molecule has 0 aromatic heterocycles. The topological polar surface area (TPSA) is 17.1 Å². The Hall–Kier alpha value is -2.93. The Morgan fingerprint density at radius 2 is 1.25 bits per heavy atom. The van der Waals surface area contributed by atoms with Crippen LogP contribution in [0.1, 0.15) is 41.9 Å². The van der Waals surface area contributed by atoms with E-state index < -0.39 is 0 Å². The van der Waals surface area contributed by atoms with Gasteiger partial charge in [0.05, 0.1) is 0 Å². The second-order valence-corrected chi connectivity index (χ2v) is 7.30. The number of hydrogen-bond acceptors (Lipinski definition) is 1. The van der Waals surface area contributed by atoms with Gasteiger partial charge >= 0.3 is 0 Å². The fraction of sp³-hybridized carbons (Fsp3) is 0.222. The van der Waals surface area contributed by atoms with Crippen LogP contribution in [-0.4, -0.2) is 5.78 Å². The van der Waals surface area contributed by atoms with E-state index >= 15 is 0 Å². The Morgan fingerprint density at radius 1 is 0.750 bits per heavy atom. The summed E-state index contributed by atoms with van der Waals surface area (Å²) in [4.78, 5) is 12.4. The summed E-state index contributed by atoms with van der Waals surface area (Å²) in [6, 6.07) is 31.6. The molecule has 0 amide bonds. The monoisotopic (exact) mass is 368 g/mol. The van der Waals surface area contributed by atoms with Gasteiger partial charge in [-0.3, -0.25) is 4.79 Å². The molecule has 0 N–H and O–H groups in total. The van der Waals surface area contributed by atoms with Crippen molar-refractivity contribution in [2.75, 3.05) is 0 Å². The Morgan fingerprint density at radius 3 is 1.75 bits per heavy atom. The van der Waals surface area contributed by atoms with Crippen LogP contribution in [0.15, 0.2) is 104 Å². The molecule has 0 radical (unpaired) electrons.